The minimum atomic E-state index is -0.362. The highest BCUT2D eigenvalue weighted by atomic mass is 19.1. The predicted molar refractivity (Wildman–Crippen MR) is 144 cm³/mol. The number of nitrogens with zero attached hydrogens (tertiary/aromatic N) is 7. The Bertz CT molecular complexity index is 1440. The number of fused-ring (bicyclic) bond motifs is 1. The van der Waals surface area contributed by atoms with Crippen LogP contribution in [0.4, 0.5) is 10.1 Å². The highest BCUT2D eigenvalue weighted by molar-refractivity contribution is 5.92. The standard InChI is InChI=1S/C18H19N5O.C10H13FN2O/c1-22(13-6-4-3-5-7-13)17-14(11-20)18(24)23(2)15-9-8-12(10-19)21-16(15)17;1-10(2,3)14-13-7-9-5-4-8(11)6-12-9/h8-9,13H,3-7H2,1-2H3;4-7H,1-3H3/b;13-7+. The lowest BCUT2D eigenvalue weighted by molar-refractivity contribution is 0.00196. The Morgan fingerprint density at radius 3 is 2.45 bits per heavy atom. The molecule has 1 saturated carbocycles. The monoisotopic (exact) mass is 517 g/mol. The molecule has 1 fully saturated rings. The molecule has 1 aliphatic rings. The van der Waals surface area contributed by atoms with Crippen molar-refractivity contribution in [2.24, 2.45) is 12.2 Å². The van der Waals surface area contributed by atoms with Gasteiger partial charge in [-0.05, 0) is 57.9 Å². The molecule has 3 aromatic rings. The van der Waals surface area contributed by atoms with E-state index in [1.54, 1.807) is 19.2 Å². The molecule has 10 heteroatoms. The second-order valence-electron chi connectivity index (χ2n) is 10.1. The van der Waals surface area contributed by atoms with Crippen molar-refractivity contribution < 1.29 is 9.23 Å². The van der Waals surface area contributed by atoms with Crippen LogP contribution in [0.25, 0.3) is 11.0 Å². The first kappa shape index (κ1) is 28.3. The summed E-state index contributed by atoms with van der Waals surface area (Å²) in [5.74, 6) is -0.362. The second-order valence-corrected chi connectivity index (χ2v) is 10.1. The molecule has 0 aliphatic heterocycles. The van der Waals surface area contributed by atoms with Gasteiger partial charge in [-0.15, -0.1) is 0 Å². The molecule has 0 N–H and O–H groups in total. The van der Waals surface area contributed by atoms with E-state index in [1.165, 1.54) is 29.3 Å². The summed E-state index contributed by atoms with van der Waals surface area (Å²) in [6.45, 7) is 5.67. The van der Waals surface area contributed by atoms with Crippen molar-refractivity contribution >= 4 is 22.9 Å². The van der Waals surface area contributed by atoms with Crippen LogP contribution in [0.2, 0.25) is 0 Å². The van der Waals surface area contributed by atoms with E-state index in [4.69, 9.17) is 10.1 Å². The van der Waals surface area contributed by atoms with Gasteiger partial charge in [-0.2, -0.15) is 10.5 Å². The third kappa shape index (κ3) is 6.92. The molecule has 3 aromatic heterocycles. The molecule has 198 valence electrons. The number of hydrogen-bond acceptors (Lipinski definition) is 8. The van der Waals surface area contributed by atoms with Crippen molar-refractivity contribution in [1.29, 1.82) is 10.5 Å². The van der Waals surface area contributed by atoms with Crippen molar-refractivity contribution in [1.82, 2.24) is 14.5 Å². The summed E-state index contributed by atoms with van der Waals surface area (Å²) in [5, 5.41) is 22.5. The fraction of sp³-hybridized carbons (Fsp3) is 0.429. The Morgan fingerprint density at radius 2 is 1.87 bits per heavy atom. The molecule has 38 heavy (non-hydrogen) atoms. The average Bonchev–Trinajstić information content (AvgIpc) is 2.91. The maximum Gasteiger partial charge on any atom is 0.270 e. The molecule has 0 bridgehead atoms. The zero-order chi connectivity index (χ0) is 27.9. The Balaban J connectivity index is 0.000000244. The van der Waals surface area contributed by atoms with E-state index in [1.807, 2.05) is 38.8 Å². The zero-order valence-corrected chi connectivity index (χ0v) is 22.4. The Hall–Kier alpha value is -4.31. The molecule has 3 heterocycles. The van der Waals surface area contributed by atoms with Crippen molar-refractivity contribution in [2.45, 2.75) is 64.5 Å². The van der Waals surface area contributed by atoms with E-state index in [-0.39, 0.29) is 34.3 Å². The smallest absolute Gasteiger partial charge is 0.270 e. The molecule has 0 saturated heterocycles. The summed E-state index contributed by atoms with van der Waals surface area (Å²) in [6, 6.07) is 10.6. The van der Waals surface area contributed by atoms with Crippen LogP contribution in [0.5, 0.6) is 0 Å². The summed E-state index contributed by atoms with van der Waals surface area (Å²) >= 11 is 0. The van der Waals surface area contributed by atoms with Gasteiger partial charge in [0.15, 0.2) is 0 Å². The molecule has 4 rings (SSSR count). The normalized spacial score (nSPS) is 13.9. The molecule has 0 spiro atoms. The van der Waals surface area contributed by atoms with Gasteiger partial charge in [-0.3, -0.25) is 9.78 Å². The SMILES string of the molecule is CC(C)(C)O/N=C/c1ccc(F)cn1.CN(c1c(C#N)c(=O)n(C)c2ccc(C#N)nc12)C1CCCCC1. The van der Waals surface area contributed by atoms with Gasteiger partial charge < -0.3 is 14.3 Å². The van der Waals surface area contributed by atoms with E-state index in [9.17, 15) is 14.4 Å². The van der Waals surface area contributed by atoms with Gasteiger partial charge in [0.25, 0.3) is 5.56 Å². The number of pyridine rings is 3. The van der Waals surface area contributed by atoms with Crippen LogP contribution < -0.4 is 10.5 Å². The highest BCUT2D eigenvalue weighted by Gasteiger charge is 2.25. The summed E-state index contributed by atoms with van der Waals surface area (Å²) in [6.07, 6.45) is 8.19. The Kier molecular flexibility index (Phi) is 9.14. The zero-order valence-electron chi connectivity index (χ0n) is 22.4. The van der Waals surface area contributed by atoms with Gasteiger partial charge in [-0.1, -0.05) is 24.4 Å². The number of nitriles is 2. The third-order valence-corrected chi connectivity index (χ3v) is 6.18. The number of rotatable bonds is 4. The van der Waals surface area contributed by atoms with E-state index < -0.39 is 0 Å². The van der Waals surface area contributed by atoms with Gasteiger partial charge in [0.1, 0.15) is 40.3 Å². The molecule has 0 radical (unpaired) electrons. The minimum Gasteiger partial charge on any atom is -0.390 e. The fourth-order valence-corrected chi connectivity index (χ4v) is 4.25. The Morgan fingerprint density at radius 1 is 1.16 bits per heavy atom. The molecule has 0 aromatic carbocycles. The minimum absolute atomic E-state index is 0.0978. The summed E-state index contributed by atoms with van der Waals surface area (Å²) in [7, 11) is 3.55. The van der Waals surface area contributed by atoms with Crippen LogP contribution in [0.3, 0.4) is 0 Å². The molecule has 0 amide bonds. The van der Waals surface area contributed by atoms with Crippen LogP contribution in [0, 0.1) is 28.5 Å². The van der Waals surface area contributed by atoms with Gasteiger partial charge in [0, 0.05) is 20.1 Å². The quantitative estimate of drug-likeness (QED) is 0.359. The molecule has 0 atom stereocenters. The van der Waals surface area contributed by atoms with Gasteiger partial charge in [-0.25, -0.2) is 9.37 Å². The van der Waals surface area contributed by atoms with Crippen molar-refractivity contribution in [3.63, 3.8) is 0 Å². The summed E-state index contributed by atoms with van der Waals surface area (Å²) < 4.78 is 13.9. The highest BCUT2D eigenvalue weighted by Crippen LogP contribution is 2.32. The lowest BCUT2D eigenvalue weighted by atomic mass is 9.93. The number of halogens is 1. The number of hydrogen-bond donors (Lipinski definition) is 0. The number of aryl methyl sites for hydroxylation is 1. The van der Waals surface area contributed by atoms with E-state index in [2.05, 4.69) is 21.2 Å². The predicted octanol–water partition coefficient (Wildman–Crippen LogP) is 4.82. The maximum atomic E-state index is 12.6. The second kappa shape index (κ2) is 12.3. The first-order valence-corrected chi connectivity index (χ1v) is 12.5. The molecule has 9 nitrogen and oxygen atoms in total. The molecule has 0 unspecified atom stereocenters. The van der Waals surface area contributed by atoms with Crippen LogP contribution >= 0.6 is 0 Å². The van der Waals surface area contributed by atoms with Gasteiger partial charge in [0.2, 0.25) is 0 Å². The van der Waals surface area contributed by atoms with Crippen LogP contribution in [0.1, 0.15) is 69.8 Å². The van der Waals surface area contributed by atoms with E-state index in [0.717, 1.165) is 31.9 Å². The summed E-state index contributed by atoms with van der Waals surface area (Å²) in [5.41, 5.74) is 2.03. The van der Waals surface area contributed by atoms with Crippen LogP contribution in [0.15, 0.2) is 40.4 Å². The Labute approximate surface area is 221 Å². The fourth-order valence-electron chi connectivity index (χ4n) is 4.25. The first-order chi connectivity index (χ1) is 18.1. The molecular formula is C28H32FN7O2. The number of oxime groups is 1. The van der Waals surface area contributed by atoms with Crippen LogP contribution in [-0.2, 0) is 11.9 Å². The van der Waals surface area contributed by atoms with Crippen molar-refractivity contribution in [2.75, 3.05) is 11.9 Å². The van der Waals surface area contributed by atoms with Gasteiger partial charge in [0.05, 0.1) is 29.3 Å². The largest absolute Gasteiger partial charge is 0.390 e. The van der Waals surface area contributed by atoms with E-state index >= 15 is 0 Å². The molecular weight excluding hydrogens is 485 g/mol. The number of aromatic nitrogens is 3. The van der Waals surface area contributed by atoms with Crippen LogP contribution in [-0.4, -0.2) is 39.4 Å². The van der Waals surface area contributed by atoms with Crippen molar-refractivity contribution in [3.05, 3.63) is 63.6 Å². The maximum absolute atomic E-state index is 12.6. The lowest BCUT2D eigenvalue weighted by Crippen LogP contribution is -2.36. The number of anilines is 1. The lowest BCUT2D eigenvalue weighted by Gasteiger charge is -2.33. The third-order valence-electron chi connectivity index (χ3n) is 6.18. The van der Waals surface area contributed by atoms with Crippen molar-refractivity contribution in [3.8, 4) is 12.1 Å². The average molecular weight is 518 g/mol. The topological polar surface area (TPSA) is 120 Å². The summed E-state index contributed by atoms with van der Waals surface area (Å²) in [4.78, 5) is 27.9. The van der Waals surface area contributed by atoms with Gasteiger partial charge >= 0.3 is 0 Å². The first-order valence-electron chi connectivity index (χ1n) is 12.5. The molecule has 1 aliphatic carbocycles. The van der Waals surface area contributed by atoms with E-state index in [0.29, 0.717) is 22.4 Å².